The summed E-state index contributed by atoms with van der Waals surface area (Å²) < 4.78 is 32.3. The zero-order valence-electron chi connectivity index (χ0n) is 14.1. The Bertz CT molecular complexity index is 576. The van der Waals surface area contributed by atoms with Crippen LogP contribution in [0.5, 0.6) is 0 Å². The number of nitrogens with two attached hydrogens (primary N) is 1. The molecule has 0 aromatic heterocycles. The van der Waals surface area contributed by atoms with Gasteiger partial charge in [-0.25, -0.2) is 8.42 Å². The summed E-state index contributed by atoms with van der Waals surface area (Å²) in [5.41, 5.74) is 7.98. The fourth-order valence-corrected chi connectivity index (χ4v) is 5.41. The predicted octanol–water partition coefficient (Wildman–Crippen LogP) is 0.180. The third kappa shape index (κ3) is 4.04. The van der Waals surface area contributed by atoms with Gasteiger partial charge in [-0.3, -0.25) is 0 Å². The molecule has 0 radical (unpaired) electrons. The van der Waals surface area contributed by atoms with E-state index in [1.807, 2.05) is 0 Å². The highest BCUT2D eigenvalue weighted by Crippen LogP contribution is 2.23. The van der Waals surface area contributed by atoms with Gasteiger partial charge in [0, 0.05) is 44.6 Å². The van der Waals surface area contributed by atoms with E-state index in [9.17, 15) is 8.42 Å². The Balaban J connectivity index is 1.52. The molecule has 0 unspecified atom stereocenters. The fourth-order valence-electron chi connectivity index (χ4n) is 3.52. The zero-order chi connectivity index (χ0) is 17.0. The number of nitrogens with zero attached hydrogens (tertiary/aromatic N) is 2. The number of allylic oxidation sites excluding steroid dienone is 1. The Hall–Kier alpha value is -1.25. The topological polar surface area (TPSA) is 87.9 Å². The standard InChI is InChI=1S/C16H28N4O3S/c17-11-15-2-1-14(12-18-15)13-19-5-3-16(4-6-19)24(21,22)20-7-9-23-10-8-20/h11,13,16,18H,1-10,12,17H2/b14-13+,15-11-. The summed E-state index contributed by atoms with van der Waals surface area (Å²) in [6.07, 6.45) is 7.21. The van der Waals surface area contributed by atoms with Crippen molar-refractivity contribution >= 4 is 10.0 Å². The molecule has 0 spiro atoms. The average molecular weight is 356 g/mol. The van der Waals surface area contributed by atoms with Gasteiger partial charge in [0.05, 0.1) is 18.5 Å². The van der Waals surface area contributed by atoms with Crippen LogP contribution >= 0.6 is 0 Å². The molecule has 0 saturated carbocycles. The maximum absolute atomic E-state index is 12.7. The van der Waals surface area contributed by atoms with Crippen molar-refractivity contribution in [2.75, 3.05) is 45.9 Å². The molecule has 3 aliphatic heterocycles. The van der Waals surface area contributed by atoms with Crippen molar-refractivity contribution < 1.29 is 13.2 Å². The van der Waals surface area contributed by atoms with Gasteiger partial charge in [-0.1, -0.05) is 0 Å². The Morgan fingerprint density at radius 1 is 1.12 bits per heavy atom. The molecule has 0 bridgehead atoms. The van der Waals surface area contributed by atoms with E-state index >= 15 is 0 Å². The van der Waals surface area contributed by atoms with E-state index in [4.69, 9.17) is 10.5 Å². The number of ether oxygens (including phenoxy) is 1. The maximum atomic E-state index is 12.7. The van der Waals surface area contributed by atoms with E-state index < -0.39 is 10.0 Å². The first-order chi connectivity index (χ1) is 11.6. The van der Waals surface area contributed by atoms with Crippen LogP contribution in [-0.2, 0) is 14.8 Å². The van der Waals surface area contributed by atoms with Gasteiger partial charge < -0.3 is 20.7 Å². The van der Waals surface area contributed by atoms with Gasteiger partial charge in [0.1, 0.15) is 0 Å². The lowest BCUT2D eigenvalue weighted by atomic mass is 10.0. The quantitative estimate of drug-likeness (QED) is 0.750. The van der Waals surface area contributed by atoms with E-state index in [2.05, 4.69) is 16.4 Å². The fraction of sp³-hybridized carbons (Fsp3) is 0.750. The van der Waals surface area contributed by atoms with Crippen LogP contribution in [0.4, 0.5) is 0 Å². The van der Waals surface area contributed by atoms with E-state index in [0.717, 1.165) is 38.2 Å². The van der Waals surface area contributed by atoms with Crippen molar-refractivity contribution in [1.82, 2.24) is 14.5 Å². The van der Waals surface area contributed by atoms with Crippen LogP contribution in [0, 0.1) is 0 Å². The number of likely N-dealkylation sites (tertiary alicyclic amines) is 1. The Morgan fingerprint density at radius 3 is 2.42 bits per heavy atom. The Labute approximate surface area is 144 Å². The number of sulfonamides is 1. The van der Waals surface area contributed by atoms with Gasteiger partial charge in [0.15, 0.2) is 0 Å². The molecule has 3 aliphatic rings. The van der Waals surface area contributed by atoms with Crippen molar-refractivity contribution in [2.24, 2.45) is 5.73 Å². The molecular formula is C16H28N4O3S. The first-order valence-corrected chi connectivity index (χ1v) is 10.2. The van der Waals surface area contributed by atoms with Gasteiger partial charge in [0.25, 0.3) is 0 Å². The molecule has 0 aliphatic carbocycles. The summed E-state index contributed by atoms with van der Waals surface area (Å²) in [5, 5.41) is 3.06. The molecule has 3 saturated heterocycles. The Morgan fingerprint density at radius 2 is 1.83 bits per heavy atom. The van der Waals surface area contributed by atoms with Gasteiger partial charge in [-0.15, -0.1) is 0 Å². The summed E-state index contributed by atoms with van der Waals surface area (Å²) in [4.78, 5) is 2.26. The second kappa shape index (κ2) is 7.76. The molecule has 8 heteroatoms. The van der Waals surface area contributed by atoms with Crippen molar-refractivity contribution in [1.29, 1.82) is 0 Å². The molecule has 0 aromatic rings. The summed E-state index contributed by atoms with van der Waals surface area (Å²) in [5.74, 6) is 0. The van der Waals surface area contributed by atoms with Crippen molar-refractivity contribution in [3.8, 4) is 0 Å². The second-order valence-electron chi connectivity index (χ2n) is 6.62. The van der Waals surface area contributed by atoms with E-state index in [-0.39, 0.29) is 5.25 Å². The number of morpholine rings is 1. The third-order valence-electron chi connectivity index (χ3n) is 5.05. The smallest absolute Gasteiger partial charge is 0.217 e. The molecule has 0 atom stereocenters. The molecule has 7 nitrogen and oxygen atoms in total. The first kappa shape index (κ1) is 17.6. The molecular weight excluding hydrogens is 328 g/mol. The number of rotatable bonds is 3. The molecule has 3 heterocycles. The summed E-state index contributed by atoms with van der Waals surface area (Å²) in [6.45, 7) is 4.45. The van der Waals surface area contributed by atoms with Crippen molar-refractivity contribution in [3.63, 3.8) is 0 Å². The molecule has 3 fully saturated rings. The van der Waals surface area contributed by atoms with Gasteiger partial charge in [-0.2, -0.15) is 4.31 Å². The van der Waals surface area contributed by atoms with Crippen LogP contribution in [0.25, 0.3) is 0 Å². The third-order valence-corrected chi connectivity index (χ3v) is 7.45. The zero-order valence-corrected chi connectivity index (χ0v) is 14.9. The summed E-state index contributed by atoms with van der Waals surface area (Å²) in [7, 11) is -3.18. The lowest BCUT2D eigenvalue weighted by Crippen LogP contribution is -2.48. The molecule has 3 rings (SSSR count). The monoisotopic (exact) mass is 356 g/mol. The number of hydrogen-bond acceptors (Lipinski definition) is 6. The Kier molecular flexibility index (Phi) is 5.68. The molecule has 3 N–H and O–H groups in total. The van der Waals surface area contributed by atoms with E-state index in [1.54, 1.807) is 10.5 Å². The van der Waals surface area contributed by atoms with Crippen LogP contribution in [-0.4, -0.2) is 68.8 Å². The minimum absolute atomic E-state index is 0.249. The number of piperidine rings is 2. The largest absolute Gasteiger partial charge is 0.403 e. The van der Waals surface area contributed by atoms with Crippen molar-refractivity contribution in [2.45, 2.75) is 30.9 Å². The predicted molar refractivity (Wildman–Crippen MR) is 93.5 cm³/mol. The molecule has 136 valence electrons. The van der Waals surface area contributed by atoms with Crippen LogP contribution in [0.15, 0.2) is 23.7 Å². The van der Waals surface area contributed by atoms with Crippen LogP contribution in [0.3, 0.4) is 0 Å². The minimum atomic E-state index is -3.18. The van der Waals surface area contributed by atoms with Crippen molar-refractivity contribution in [3.05, 3.63) is 23.7 Å². The van der Waals surface area contributed by atoms with Gasteiger partial charge >= 0.3 is 0 Å². The normalized spacial score (nSPS) is 28.2. The summed E-state index contributed by atoms with van der Waals surface area (Å²) in [6, 6.07) is 0. The first-order valence-electron chi connectivity index (χ1n) is 8.74. The molecule has 0 aromatic carbocycles. The maximum Gasteiger partial charge on any atom is 0.217 e. The lowest BCUT2D eigenvalue weighted by molar-refractivity contribution is 0.0722. The van der Waals surface area contributed by atoms with E-state index in [1.165, 1.54) is 5.57 Å². The lowest BCUT2D eigenvalue weighted by Gasteiger charge is -2.36. The number of hydrogen-bond donors (Lipinski definition) is 2. The van der Waals surface area contributed by atoms with Crippen LogP contribution in [0.1, 0.15) is 25.7 Å². The average Bonchev–Trinajstić information content (AvgIpc) is 2.63. The van der Waals surface area contributed by atoms with E-state index in [0.29, 0.717) is 39.1 Å². The highest BCUT2D eigenvalue weighted by Gasteiger charge is 2.35. The SMILES string of the molecule is N/C=C1/CC/C(=C\N2CCC(S(=O)(=O)N3CCOCC3)CC2)CN1. The van der Waals surface area contributed by atoms with Crippen LogP contribution in [0.2, 0.25) is 0 Å². The highest BCUT2D eigenvalue weighted by atomic mass is 32.2. The minimum Gasteiger partial charge on any atom is -0.403 e. The summed E-state index contributed by atoms with van der Waals surface area (Å²) >= 11 is 0. The van der Waals surface area contributed by atoms with Gasteiger partial charge in [-0.05, 0) is 37.5 Å². The molecule has 0 amide bonds. The van der Waals surface area contributed by atoms with Gasteiger partial charge in [0.2, 0.25) is 10.0 Å². The van der Waals surface area contributed by atoms with Crippen LogP contribution < -0.4 is 11.1 Å². The number of nitrogens with one attached hydrogen (secondary N) is 1. The molecule has 24 heavy (non-hydrogen) atoms. The second-order valence-corrected chi connectivity index (χ2v) is 8.84. The highest BCUT2D eigenvalue weighted by molar-refractivity contribution is 7.89.